The molecular formula is C8H8NOP. The average molecular weight is 165 g/mol. The Kier molecular flexibility index (Phi) is 1.36. The number of benzene rings is 1. The minimum Gasteiger partial charge on any atom is -0.508 e. The number of aromatic hydroxyl groups is 1. The molecule has 1 atom stereocenters. The minimum absolute atomic E-state index is 0.314. The summed E-state index contributed by atoms with van der Waals surface area (Å²) in [4.78, 5) is 0. The van der Waals surface area contributed by atoms with Crippen LogP contribution >= 0.6 is 9.39 Å². The summed E-state index contributed by atoms with van der Waals surface area (Å²) in [6.07, 6.45) is 1.94. The molecule has 1 unspecified atom stereocenters. The van der Waals surface area contributed by atoms with E-state index < -0.39 is 0 Å². The van der Waals surface area contributed by atoms with E-state index in [0.29, 0.717) is 5.75 Å². The Morgan fingerprint density at radius 3 is 2.91 bits per heavy atom. The van der Waals surface area contributed by atoms with E-state index in [1.807, 2.05) is 22.7 Å². The van der Waals surface area contributed by atoms with Crippen molar-refractivity contribution in [2.45, 2.75) is 0 Å². The van der Waals surface area contributed by atoms with Crippen molar-refractivity contribution in [3.05, 3.63) is 30.5 Å². The number of rotatable bonds is 0. The summed E-state index contributed by atoms with van der Waals surface area (Å²) >= 11 is 0. The number of aromatic nitrogens is 1. The van der Waals surface area contributed by atoms with E-state index in [1.165, 1.54) is 0 Å². The normalized spacial score (nSPS) is 10.6. The van der Waals surface area contributed by atoms with Crippen molar-refractivity contribution in [2.75, 3.05) is 0 Å². The third kappa shape index (κ3) is 0.997. The number of phenols is 1. The maximum absolute atomic E-state index is 9.12. The first-order valence-electron chi connectivity index (χ1n) is 3.32. The van der Waals surface area contributed by atoms with Crippen LogP contribution in [-0.2, 0) is 0 Å². The van der Waals surface area contributed by atoms with Gasteiger partial charge in [0.25, 0.3) is 0 Å². The third-order valence-electron chi connectivity index (χ3n) is 1.70. The van der Waals surface area contributed by atoms with Crippen molar-refractivity contribution in [3.8, 4) is 5.75 Å². The molecule has 0 spiro atoms. The van der Waals surface area contributed by atoms with Gasteiger partial charge in [0.05, 0.1) is 5.52 Å². The fourth-order valence-electron chi connectivity index (χ4n) is 1.15. The van der Waals surface area contributed by atoms with E-state index >= 15 is 0 Å². The molecule has 1 heterocycles. The van der Waals surface area contributed by atoms with E-state index in [1.54, 1.807) is 12.1 Å². The fourth-order valence-corrected chi connectivity index (χ4v) is 1.47. The van der Waals surface area contributed by atoms with Crippen LogP contribution in [0, 0.1) is 0 Å². The van der Waals surface area contributed by atoms with Gasteiger partial charge in [0.15, 0.2) is 0 Å². The zero-order valence-corrected chi connectivity index (χ0v) is 7.01. The van der Waals surface area contributed by atoms with Crippen LogP contribution in [0.15, 0.2) is 30.5 Å². The van der Waals surface area contributed by atoms with Gasteiger partial charge in [-0.1, -0.05) is 0 Å². The maximum atomic E-state index is 9.12. The van der Waals surface area contributed by atoms with E-state index in [0.717, 1.165) is 10.9 Å². The zero-order valence-electron chi connectivity index (χ0n) is 5.86. The predicted molar refractivity (Wildman–Crippen MR) is 48.7 cm³/mol. The standard InChI is InChI=1S/C8H8NOP/c10-7-1-2-8-6(5-7)3-4-9(8)11/h1-5,10H,11H2. The molecule has 2 aromatic rings. The van der Waals surface area contributed by atoms with Crippen molar-refractivity contribution >= 4 is 20.3 Å². The molecule has 2 nitrogen and oxygen atoms in total. The molecule has 0 bridgehead atoms. The molecule has 0 saturated carbocycles. The van der Waals surface area contributed by atoms with Crippen LogP contribution < -0.4 is 0 Å². The van der Waals surface area contributed by atoms with Crippen molar-refractivity contribution in [2.24, 2.45) is 0 Å². The van der Waals surface area contributed by atoms with Gasteiger partial charge in [0.1, 0.15) is 5.75 Å². The molecule has 0 amide bonds. The summed E-state index contributed by atoms with van der Waals surface area (Å²) in [5.74, 6) is 0.314. The molecule has 1 N–H and O–H groups in total. The second-order valence-electron chi connectivity index (χ2n) is 2.47. The molecule has 56 valence electrons. The molecule has 0 aliphatic rings. The predicted octanol–water partition coefficient (Wildman–Crippen LogP) is 1.99. The maximum Gasteiger partial charge on any atom is 0.116 e. The topological polar surface area (TPSA) is 25.2 Å². The van der Waals surface area contributed by atoms with Crippen molar-refractivity contribution in [3.63, 3.8) is 0 Å². The number of hydrogen-bond donors (Lipinski definition) is 1. The lowest BCUT2D eigenvalue weighted by Crippen LogP contribution is -1.73. The molecule has 11 heavy (non-hydrogen) atoms. The SMILES string of the molecule is Oc1ccc2c(ccn2P)c1. The van der Waals surface area contributed by atoms with Gasteiger partial charge in [0, 0.05) is 11.6 Å². The highest BCUT2D eigenvalue weighted by atomic mass is 31.0. The molecular weight excluding hydrogens is 157 g/mol. The Morgan fingerprint density at radius 1 is 1.27 bits per heavy atom. The fraction of sp³-hybridized carbons (Fsp3) is 0. The van der Waals surface area contributed by atoms with Crippen LogP contribution in [-0.4, -0.2) is 9.44 Å². The largest absolute Gasteiger partial charge is 0.508 e. The summed E-state index contributed by atoms with van der Waals surface area (Å²) in [5.41, 5.74) is 1.10. The highest BCUT2D eigenvalue weighted by molar-refractivity contribution is 7.14. The van der Waals surface area contributed by atoms with Gasteiger partial charge < -0.3 is 9.44 Å². The van der Waals surface area contributed by atoms with Gasteiger partial charge in [-0.3, -0.25) is 0 Å². The van der Waals surface area contributed by atoms with E-state index in [9.17, 15) is 0 Å². The number of phenolic OH excluding ortho intramolecular Hbond substituents is 1. The summed E-state index contributed by atoms with van der Waals surface area (Å²) in [7, 11) is 2.58. The van der Waals surface area contributed by atoms with Crippen LogP contribution in [0.4, 0.5) is 0 Å². The molecule has 0 aliphatic carbocycles. The Balaban J connectivity index is 2.86. The van der Waals surface area contributed by atoms with Crippen LogP contribution in [0.1, 0.15) is 0 Å². The molecule has 0 fully saturated rings. The van der Waals surface area contributed by atoms with Crippen LogP contribution in [0.2, 0.25) is 0 Å². The first-order valence-corrected chi connectivity index (χ1v) is 3.84. The summed E-state index contributed by atoms with van der Waals surface area (Å²) in [6.45, 7) is 0. The Morgan fingerprint density at radius 2 is 2.09 bits per heavy atom. The van der Waals surface area contributed by atoms with Crippen molar-refractivity contribution < 1.29 is 5.11 Å². The van der Waals surface area contributed by atoms with Crippen LogP contribution in [0.5, 0.6) is 5.75 Å². The van der Waals surface area contributed by atoms with Gasteiger partial charge >= 0.3 is 0 Å². The highest BCUT2D eigenvalue weighted by Gasteiger charge is 1.96. The average Bonchev–Trinajstić information content (AvgIpc) is 2.32. The van der Waals surface area contributed by atoms with Gasteiger partial charge in [0.2, 0.25) is 0 Å². The Bertz CT molecular complexity index is 394. The third-order valence-corrected chi connectivity index (χ3v) is 2.15. The van der Waals surface area contributed by atoms with Crippen molar-refractivity contribution in [1.82, 2.24) is 4.34 Å². The number of nitrogens with zero attached hydrogens (tertiary/aromatic N) is 1. The monoisotopic (exact) mass is 165 g/mol. The molecule has 0 radical (unpaired) electrons. The molecule has 2 rings (SSSR count). The summed E-state index contributed by atoms with van der Waals surface area (Å²) in [6, 6.07) is 7.28. The van der Waals surface area contributed by atoms with Gasteiger partial charge in [-0.15, -0.1) is 0 Å². The van der Waals surface area contributed by atoms with E-state index in [4.69, 9.17) is 5.11 Å². The van der Waals surface area contributed by atoms with E-state index in [-0.39, 0.29) is 0 Å². The molecule has 0 aliphatic heterocycles. The van der Waals surface area contributed by atoms with Gasteiger partial charge in [-0.05, 0) is 33.7 Å². The summed E-state index contributed by atoms with van der Waals surface area (Å²) in [5, 5.41) is 10.2. The molecule has 3 heteroatoms. The quantitative estimate of drug-likeness (QED) is 0.593. The zero-order chi connectivity index (χ0) is 7.84. The molecule has 1 aromatic carbocycles. The van der Waals surface area contributed by atoms with E-state index in [2.05, 4.69) is 9.39 Å². The van der Waals surface area contributed by atoms with Crippen LogP contribution in [0.3, 0.4) is 0 Å². The smallest absolute Gasteiger partial charge is 0.116 e. The van der Waals surface area contributed by atoms with Crippen LogP contribution in [0.25, 0.3) is 10.9 Å². The summed E-state index contributed by atoms with van der Waals surface area (Å²) < 4.78 is 1.94. The molecule has 1 aromatic heterocycles. The molecule has 0 saturated heterocycles. The Labute approximate surface area is 66.7 Å². The number of fused-ring (bicyclic) bond motifs is 1. The lowest BCUT2D eigenvalue weighted by molar-refractivity contribution is 0.476. The minimum atomic E-state index is 0.314. The highest BCUT2D eigenvalue weighted by Crippen LogP contribution is 2.21. The first kappa shape index (κ1) is 6.68. The Hall–Kier alpha value is -1.01. The van der Waals surface area contributed by atoms with Crippen molar-refractivity contribution in [1.29, 1.82) is 0 Å². The lowest BCUT2D eigenvalue weighted by Gasteiger charge is -1.94. The van der Waals surface area contributed by atoms with Gasteiger partial charge in [-0.2, -0.15) is 0 Å². The van der Waals surface area contributed by atoms with Gasteiger partial charge in [-0.25, -0.2) is 0 Å². The second-order valence-corrected chi connectivity index (χ2v) is 3.02. The first-order chi connectivity index (χ1) is 5.27. The number of hydrogen-bond acceptors (Lipinski definition) is 1. The second kappa shape index (κ2) is 2.24. The lowest BCUT2D eigenvalue weighted by atomic mass is 10.2.